The molecule has 2 aromatic carbocycles. The van der Waals surface area contributed by atoms with Gasteiger partial charge >= 0.3 is 0 Å². The van der Waals surface area contributed by atoms with Crippen LogP contribution in [-0.4, -0.2) is 37.0 Å². The molecule has 1 spiro atoms. The summed E-state index contributed by atoms with van der Waals surface area (Å²) in [6.45, 7) is 4.06. The lowest BCUT2D eigenvalue weighted by Crippen LogP contribution is -2.44. The van der Waals surface area contributed by atoms with E-state index in [1.807, 2.05) is 6.07 Å². The molecule has 1 amide bonds. The molecule has 0 radical (unpaired) electrons. The molecular weight excluding hydrogens is 344 g/mol. The number of hydrogen-bond acceptors (Lipinski definition) is 2. The second kappa shape index (κ2) is 7.36. The smallest absolute Gasteiger partial charge is 0.223 e. The first-order valence-corrected chi connectivity index (χ1v) is 10.9. The molecule has 1 saturated heterocycles. The number of benzene rings is 2. The van der Waals surface area contributed by atoms with Gasteiger partial charge in [-0.2, -0.15) is 0 Å². The number of hydrogen-bond donors (Lipinski definition) is 1. The molecule has 2 fully saturated rings. The number of carbonyl (C=O) groups excluding carboxylic acids is 1. The third-order valence-corrected chi connectivity index (χ3v) is 7.36. The second-order valence-corrected chi connectivity index (χ2v) is 8.93. The first-order valence-electron chi connectivity index (χ1n) is 10.9. The van der Waals surface area contributed by atoms with E-state index in [9.17, 15) is 4.79 Å². The van der Waals surface area contributed by atoms with E-state index in [2.05, 4.69) is 58.7 Å². The molecule has 1 N–H and O–H groups in total. The van der Waals surface area contributed by atoms with Gasteiger partial charge in [0.15, 0.2) is 0 Å². The Balaban J connectivity index is 1.07. The minimum absolute atomic E-state index is 0.182. The van der Waals surface area contributed by atoms with Crippen LogP contribution in [0.25, 0.3) is 0 Å². The van der Waals surface area contributed by atoms with Crippen molar-refractivity contribution < 1.29 is 4.79 Å². The van der Waals surface area contributed by atoms with Crippen LogP contribution in [0.2, 0.25) is 0 Å². The average Bonchev–Trinajstić information content (AvgIpc) is 3.48. The Morgan fingerprint density at radius 3 is 2.57 bits per heavy atom. The van der Waals surface area contributed by atoms with Gasteiger partial charge in [0.25, 0.3) is 0 Å². The minimum atomic E-state index is 0.182. The van der Waals surface area contributed by atoms with Gasteiger partial charge in [0.05, 0.1) is 0 Å². The Morgan fingerprint density at radius 1 is 1.00 bits per heavy atom. The standard InChI is InChI=1S/C25H30N2O/c28-24(22-18-21(22)19-6-2-1-3-7-19)26-14-17-27-15-12-25(13-16-27)11-10-20-8-4-5-9-23(20)25/h1-9,21-22H,10-18H2,(H,26,28)/t21-,22+/m1/s1. The highest BCUT2D eigenvalue weighted by Gasteiger charge is 2.44. The number of rotatable bonds is 5. The van der Waals surface area contributed by atoms with E-state index in [4.69, 9.17) is 0 Å². The van der Waals surface area contributed by atoms with Crippen LogP contribution in [0.1, 0.15) is 48.3 Å². The first kappa shape index (κ1) is 17.9. The molecule has 2 aliphatic carbocycles. The van der Waals surface area contributed by atoms with Crippen molar-refractivity contribution in [2.75, 3.05) is 26.2 Å². The third-order valence-electron chi connectivity index (χ3n) is 7.36. The molecule has 1 saturated carbocycles. The van der Waals surface area contributed by atoms with Crippen LogP contribution >= 0.6 is 0 Å². The molecule has 0 unspecified atom stereocenters. The number of piperidine rings is 1. The topological polar surface area (TPSA) is 32.3 Å². The van der Waals surface area contributed by atoms with E-state index >= 15 is 0 Å². The van der Waals surface area contributed by atoms with Gasteiger partial charge in [-0.25, -0.2) is 0 Å². The lowest BCUT2D eigenvalue weighted by atomic mass is 9.74. The number of carbonyl (C=O) groups is 1. The van der Waals surface area contributed by atoms with Gasteiger partial charge in [-0.15, -0.1) is 0 Å². The highest BCUT2D eigenvalue weighted by molar-refractivity contribution is 5.82. The van der Waals surface area contributed by atoms with Crippen LogP contribution in [-0.2, 0) is 16.6 Å². The Hall–Kier alpha value is -2.13. The fourth-order valence-corrected chi connectivity index (χ4v) is 5.51. The van der Waals surface area contributed by atoms with Crippen molar-refractivity contribution in [3.8, 4) is 0 Å². The van der Waals surface area contributed by atoms with Crippen LogP contribution in [0.3, 0.4) is 0 Å². The predicted molar refractivity (Wildman–Crippen MR) is 112 cm³/mol. The van der Waals surface area contributed by atoms with Crippen molar-refractivity contribution >= 4 is 5.91 Å². The average molecular weight is 375 g/mol. The summed E-state index contributed by atoms with van der Waals surface area (Å²) >= 11 is 0. The van der Waals surface area contributed by atoms with Gasteiger partial charge in [0, 0.05) is 19.0 Å². The summed E-state index contributed by atoms with van der Waals surface area (Å²) in [6.07, 6.45) is 6.09. The Morgan fingerprint density at radius 2 is 1.75 bits per heavy atom. The van der Waals surface area contributed by atoms with E-state index in [1.165, 1.54) is 31.2 Å². The van der Waals surface area contributed by atoms with Gasteiger partial charge < -0.3 is 10.2 Å². The summed E-state index contributed by atoms with van der Waals surface area (Å²) in [4.78, 5) is 15.0. The predicted octanol–water partition coefficient (Wildman–Crippen LogP) is 3.89. The molecule has 28 heavy (non-hydrogen) atoms. The molecule has 0 aromatic heterocycles. The van der Waals surface area contributed by atoms with Gasteiger partial charge in [0.1, 0.15) is 0 Å². The lowest BCUT2D eigenvalue weighted by Gasteiger charge is -2.40. The van der Waals surface area contributed by atoms with E-state index in [0.717, 1.165) is 32.6 Å². The third kappa shape index (κ3) is 3.37. The molecule has 3 aliphatic rings. The maximum Gasteiger partial charge on any atom is 0.223 e. The number of likely N-dealkylation sites (tertiary alicyclic amines) is 1. The number of nitrogens with zero attached hydrogens (tertiary/aromatic N) is 1. The monoisotopic (exact) mass is 374 g/mol. The molecular formula is C25H30N2O. The molecule has 146 valence electrons. The van der Waals surface area contributed by atoms with E-state index in [-0.39, 0.29) is 11.8 Å². The Labute approximate surface area is 168 Å². The lowest BCUT2D eigenvalue weighted by molar-refractivity contribution is -0.122. The summed E-state index contributed by atoms with van der Waals surface area (Å²) in [7, 11) is 0. The zero-order chi connectivity index (χ0) is 19.0. The summed E-state index contributed by atoms with van der Waals surface area (Å²) in [5.41, 5.74) is 4.91. The van der Waals surface area contributed by atoms with E-state index in [1.54, 1.807) is 11.1 Å². The van der Waals surface area contributed by atoms with Crippen LogP contribution in [0.15, 0.2) is 54.6 Å². The SMILES string of the molecule is O=C(NCCN1CCC2(CCc3ccccc32)CC1)[C@H]1C[C@@H]1c1ccccc1. The molecule has 2 aromatic rings. The molecule has 2 atom stereocenters. The molecule has 1 heterocycles. The highest BCUT2D eigenvalue weighted by Crippen LogP contribution is 2.47. The number of nitrogens with one attached hydrogen (secondary N) is 1. The first-order chi connectivity index (χ1) is 13.8. The fraction of sp³-hybridized carbons (Fsp3) is 0.480. The maximum atomic E-state index is 12.4. The van der Waals surface area contributed by atoms with Gasteiger partial charge in [-0.05, 0) is 73.2 Å². The normalized spacial score (nSPS) is 25.4. The molecule has 5 rings (SSSR count). The van der Waals surface area contributed by atoms with Crippen LogP contribution in [0.4, 0.5) is 0 Å². The largest absolute Gasteiger partial charge is 0.355 e. The van der Waals surface area contributed by atoms with Crippen molar-refractivity contribution in [1.82, 2.24) is 10.2 Å². The van der Waals surface area contributed by atoms with Crippen molar-refractivity contribution in [2.45, 2.75) is 43.4 Å². The van der Waals surface area contributed by atoms with Crippen LogP contribution in [0, 0.1) is 5.92 Å². The van der Waals surface area contributed by atoms with Gasteiger partial charge in [-0.1, -0.05) is 54.6 Å². The molecule has 1 aliphatic heterocycles. The van der Waals surface area contributed by atoms with Crippen LogP contribution in [0.5, 0.6) is 0 Å². The fourth-order valence-electron chi connectivity index (χ4n) is 5.51. The van der Waals surface area contributed by atoms with Gasteiger partial charge in [-0.3, -0.25) is 4.79 Å². The second-order valence-electron chi connectivity index (χ2n) is 8.93. The van der Waals surface area contributed by atoms with E-state index < -0.39 is 0 Å². The quantitative estimate of drug-likeness (QED) is 0.861. The summed E-state index contributed by atoms with van der Waals surface area (Å²) in [6, 6.07) is 19.5. The zero-order valence-electron chi connectivity index (χ0n) is 16.6. The Kier molecular flexibility index (Phi) is 4.72. The number of aryl methyl sites for hydroxylation is 1. The number of fused-ring (bicyclic) bond motifs is 2. The van der Waals surface area contributed by atoms with Gasteiger partial charge in [0.2, 0.25) is 5.91 Å². The zero-order valence-corrected chi connectivity index (χ0v) is 16.6. The Bertz CT molecular complexity index is 839. The summed E-state index contributed by atoms with van der Waals surface area (Å²) in [5, 5.41) is 3.19. The van der Waals surface area contributed by atoms with Crippen molar-refractivity contribution in [2.24, 2.45) is 5.92 Å². The van der Waals surface area contributed by atoms with Crippen molar-refractivity contribution in [3.05, 3.63) is 71.3 Å². The molecule has 3 heteroatoms. The summed E-state index contributed by atoms with van der Waals surface area (Å²) < 4.78 is 0. The molecule has 3 nitrogen and oxygen atoms in total. The molecule has 0 bridgehead atoms. The summed E-state index contributed by atoms with van der Waals surface area (Å²) in [5.74, 6) is 0.854. The van der Waals surface area contributed by atoms with Crippen molar-refractivity contribution in [3.63, 3.8) is 0 Å². The van der Waals surface area contributed by atoms with Crippen LogP contribution < -0.4 is 5.32 Å². The maximum absolute atomic E-state index is 12.4. The number of amides is 1. The highest BCUT2D eigenvalue weighted by atomic mass is 16.2. The minimum Gasteiger partial charge on any atom is -0.355 e. The van der Waals surface area contributed by atoms with Crippen molar-refractivity contribution in [1.29, 1.82) is 0 Å². The van der Waals surface area contributed by atoms with E-state index in [0.29, 0.717) is 11.3 Å².